The van der Waals surface area contributed by atoms with E-state index >= 15 is 0 Å². The zero-order chi connectivity index (χ0) is 16.9. The van der Waals surface area contributed by atoms with Crippen LogP contribution in [0.15, 0.2) is 53.1 Å². The molecule has 0 aliphatic rings. The molecule has 3 rings (SSSR count). The van der Waals surface area contributed by atoms with Gasteiger partial charge in [-0.1, -0.05) is 17.3 Å². The Balaban J connectivity index is 1.57. The number of benzene rings is 2. The molecule has 0 radical (unpaired) electrons. The summed E-state index contributed by atoms with van der Waals surface area (Å²) in [5, 5.41) is 6.39. The average Bonchev–Trinajstić information content (AvgIpc) is 3.03. The first-order valence-electron chi connectivity index (χ1n) is 7.20. The summed E-state index contributed by atoms with van der Waals surface area (Å²) < 4.78 is 31.0. The van der Waals surface area contributed by atoms with Crippen molar-refractivity contribution in [3.05, 3.63) is 71.6 Å². The lowest BCUT2D eigenvalue weighted by Crippen LogP contribution is -2.25. The van der Waals surface area contributed by atoms with Gasteiger partial charge >= 0.3 is 0 Å². The van der Waals surface area contributed by atoms with Crippen LogP contribution >= 0.6 is 0 Å². The van der Waals surface area contributed by atoms with Gasteiger partial charge in [0, 0.05) is 5.56 Å². The molecule has 0 spiro atoms. The number of carbonyl (C=O) groups is 1. The second-order valence-electron chi connectivity index (χ2n) is 5.11. The van der Waals surface area contributed by atoms with E-state index < -0.39 is 0 Å². The van der Waals surface area contributed by atoms with Crippen molar-refractivity contribution in [3.63, 3.8) is 0 Å². The average molecular weight is 329 g/mol. The van der Waals surface area contributed by atoms with E-state index in [1.165, 1.54) is 36.4 Å². The summed E-state index contributed by atoms with van der Waals surface area (Å²) in [4.78, 5) is 16.0. The van der Waals surface area contributed by atoms with Crippen molar-refractivity contribution >= 4 is 5.91 Å². The van der Waals surface area contributed by atoms with Crippen molar-refractivity contribution in [3.8, 4) is 11.5 Å². The first-order chi connectivity index (χ1) is 11.6. The second-order valence-corrected chi connectivity index (χ2v) is 5.11. The quantitative estimate of drug-likeness (QED) is 0.781. The molecule has 0 atom stereocenters. The number of amides is 1. The van der Waals surface area contributed by atoms with Crippen LogP contribution < -0.4 is 5.32 Å². The lowest BCUT2D eigenvalue weighted by atomic mass is 10.1. The predicted octanol–water partition coefficient (Wildman–Crippen LogP) is 2.87. The molecule has 1 aromatic heterocycles. The molecule has 5 nitrogen and oxygen atoms in total. The fourth-order valence-corrected chi connectivity index (χ4v) is 2.11. The molecule has 0 bridgehead atoms. The van der Waals surface area contributed by atoms with Crippen molar-refractivity contribution < 1.29 is 18.1 Å². The van der Waals surface area contributed by atoms with Crippen molar-refractivity contribution in [2.75, 3.05) is 0 Å². The van der Waals surface area contributed by atoms with Crippen molar-refractivity contribution in [2.45, 2.75) is 13.0 Å². The Morgan fingerprint density at radius 2 is 1.88 bits per heavy atom. The van der Waals surface area contributed by atoms with Gasteiger partial charge in [0.25, 0.3) is 5.89 Å². The fraction of sp³-hybridized carbons (Fsp3) is 0.118. The van der Waals surface area contributed by atoms with Gasteiger partial charge in [-0.25, -0.2) is 8.78 Å². The third kappa shape index (κ3) is 4.01. The largest absolute Gasteiger partial charge is 0.348 e. The van der Waals surface area contributed by atoms with Gasteiger partial charge < -0.3 is 9.84 Å². The number of nitrogens with one attached hydrogen (secondary N) is 1. The first kappa shape index (κ1) is 15.8. The van der Waals surface area contributed by atoms with Crippen molar-refractivity contribution in [1.29, 1.82) is 0 Å². The van der Waals surface area contributed by atoms with E-state index in [4.69, 9.17) is 4.52 Å². The number of hydrogen-bond acceptors (Lipinski definition) is 4. The zero-order valence-electron chi connectivity index (χ0n) is 12.5. The van der Waals surface area contributed by atoms with Crippen LogP contribution in [0.5, 0.6) is 0 Å². The summed E-state index contributed by atoms with van der Waals surface area (Å²) in [6, 6.07) is 11.5. The van der Waals surface area contributed by atoms with Gasteiger partial charge in [0.2, 0.25) is 5.91 Å². The lowest BCUT2D eigenvalue weighted by Gasteiger charge is -2.02. The summed E-state index contributed by atoms with van der Waals surface area (Å²) in [6.07, 6.45) is 0.0560. The Bertz CT molecular complexity index is 847. The van der Waals surface area contributed by atoms with Crippen LogP contribution in [0, 0.1) is 11.6 Å². The van der Waals surface area contributed by atoms with E-state index in [9.17, 15) is 13.6 Å². The number of nitrogens with zero attached hydrogens (tertiary/aromatic N) is 2. The van der Waals surface area contributed by atoms with E-state index in [0.29, 0.717) is 17.0 Å². The molecule has 1 amide bonds. The second kappa shape index (κ2) is 6.99. The Kier molecular flexibility index (Phi) is 4.60. The van der Waals surface area contributed by atoms with Gasteiger partial charge in [0.1, 0.15) is 11.6 Å². The standard InChI is InChI=1S/C17H13F2N3O2/c18-13-6-4-12(5-7-13)17-21-15(22-24-17)10-20-16(23)9-11-2-1-3-14(19)8-11/h1-8H,9-10H2,(H,20,23). The summed E-state index contributed by atoms with van der Waals surface area (Å²) in [6.45, 7) is 0.0822. The van der Waals surface area contributed by atoms with Crippen LogP contribution in [0.3, 0.4) is 0 Å². The molecule has 3 aromatic rings. The molecule has 24 heavy (non-hydrogen) atoms. The summed E-state index contributed by atoms with van der Waals surface area (Å²) in [5.41, 5.74) is 1.16. The smallest absolute Gasteiger partial charge is 0.257 e. The SMILES string of the molecule is O=C(Cc1cccc(F)c1)NCc1noc(-c2ccc(F)cc2)n1. The minimum atomic E-state index is -0.387. The molecule has 0 fully saturated rings. The van der Waals surface area contributed by atoms with E-state index in [0.717, 1.165) is 0 Å². The highest BCUT2D eigenvalue weighted by Crippen LogP contribution is 2.17. The topological polar surface area (TPSA) is 68.0 Å². The summed E-state index contributed by atoms with van der Waals surface area (Å²) >= 11 is 0. The van der Waals surface area contributed by atoms with Crippen LogP contribution in [0.4, 0.5) is 8.78 Å². The molecule has 0 saturated heterocycles. The van der Waals surface area contributed by atoms with Crippen LogP contribution in [-0.4, -0.2) is 16.0 Å². The maximum Gasteiger partial charge on any atom is 0.257 e. The fourth-order valence-electron chi connectivity index (χ4n) is 2.11. The van der Waals surface area contributed by atoms with E-state index in [1.807, 2.05) is 0 Å². The van der Waals surface area contributed by atoms with Crippen LogP contribution in [0.2, 0.25) is 0 Å². The third-order valence-electron chi connectivity index (χ3n) is 3.26. The predicted molar refractivity (Wildman–Crippen MR) is 81.6 cm³/mol. The van der Waals surface area contributed by atoms with Gasteiger partial charge in [0.05, 0.1) is 13.0 Å². The maximum atomic E-state index is 13.1. The Morgan fingerprint density at radius 3 is 2.62 bits per heavy atom. The number of rotatable bonds is 5. The van der Waals surface area contributed by atoms with E-state index in [-0.39, 0.29) is 36.4 Å². The molecule has 0 aliphatic heterocycles. The van der Waals surface area contributed by atoms with Gasteiger partial charge in [-0.3, -0.25) is 4.79 Å². The highest BCUT2D eigenvalue weighted by atomic mass is 19.1. The molecule has 0 saturated carbocycles. The third-order valence-corrected chi connectivity index (χ3v) is 3.26. The van der Waals surface area contributed by atoms with Gasteiger partial charge in [0.15, 0.2) is 5.82 Å². The maximum absolute atomic E-state index is 13.1. The van der Waals surface area contributed by atoms with E-state index in [1.54, 1.807) is 12.1 Å². The highest BCUT2D eigenvalue weighted by Gasteiger charge is 2.10. The molecule has 0 unspecified atom stereocenters. The highest BCUT2D eigenvalue weighted by molar-refractivity contribution is 5.78. The Hall–Kier alpha value is -3.09. The van der Waals surface area contributed by atoms with E-state index in [2.05, 4.69) is 15.5 Å². The molecule has 2 aromatic carbocycles. The molecule has 7 heteroatoms. The number of carbonyl (C=O) groups excluding carboxylic acids is 1. The molecular formula is C17H13F2N3O2. The van der Waals surface area contributed by atoms with Crippen molar-refractivity contribution in [1.82, 2.24) is 15.5 Å². The monoisotopic (exact) mass is 329 g/mol. The normalized spacial score (nSPS) is 10.6. The Morgan fingerprint density at radius 1 is 1.08 bits per heavy atom. The Labute approximate surface area is 136 Å². The minimum Gasteiger partial charge on any atom is -0.348 e. The van der Waals surface area contributed by atoms with Gasteiger partial charge in [-0.05, 0) is 42.0 Å². The van der Waals surface area contributed by atoms with Crippen molar-refractivity contribution in [2.24, 2.45) is 0 Å². The number of halogens is 2. The molecule has 122 valence electrons. The summed E-state index contributed by atoms with van der Waals surface area (Å²) in [5.74, 6) is -0.495. The molecule has 1 heterocycles. The van der Waals surface area contributed by atoms with Gasteiger partial charge in [-0.2, -0.15) is 4.98 Å². The van der Waals surface area contributed by atoms with Crippen LogP contribution in [0.25, 0.3) is 11.5 Å². The van der Waals surface area contributed by atoms with Crippen LogP contribution in [0.1, 0.15) is 11.4 Å². The molecule has 1 N–H and O–H groups in total. The lowest BCUT2D eigenvalue weighted by molar-refractivity contribution is -0.120. The van der Waals surface area contributed by atoms with Gasteiger partial charge in [-0.15, -0.1) is 0 Å². The number of hydrogen-bond donors (Lipinski definition) is 1. The number of aromatic nitrogens is 2. The van der Waals surface area contributed by atoms with Crippen LogP contribution in [-0.2, 0) is 17.8 Å². The minimum absolute atomic E-state index is 0.0560. The molecular weight excluding hydrogens is 316 g/mol. The zero-order valence-corrected chi connectivity index (χ0v) is 12.5. The first-order valence-corrected chi connectivity index (χ1v) is 7.20. The molecule has 0 aliphatic carbocycles. The summed E-state index contributed by atoms with van der Waals surface area (Å²) in [7, 11) is 0.